The minimum Gasteiger partial charge on any atom is -0.508 e. The van der Waals surface area contributed by atoms with E-state index in [9.17, 15) is 9.90 Å². The number of amides is 1. The second kappa shape index (κ2) is 11.0. The summed E-state index contributed by atoms with van der Waals surface area (Å²) in [6.07, 6.45) is 4.66. The molecule has 0 radical (unpaired) electrons. The molecule has 2 atom stereocenters. The summed E-state index contributed by atoms with van der Waals surface area (Å²) in [5.74, 6) is 0.884. The molecule has 3 aromatic rings. The van der Waals surface area contributed by atoms with E-state index in [0.29, 0.717) is 43.4 Å². The number of phenols is 1. The van der Waals surface area contributed by atoms with Gasteiger partial charge < -0.3 is 29.7 Å². The van der Waals surface area contributed by atoms with Crippen molar-refractivity contribution in [3.8, 4) is 11.8 Å². The molecule has 8 rings (SSSR count). The van der Waals surface area contributed by atoms with Crippen molar-refractivity contribution in [3.63, 3.8) is 0 Å². The molecule has 11 heteroatoms. The van der Waals surface area contributed by atoms with Crippen LogP contribution < -0.4 is 15.0 Å². The SMILES string of the molecule is O=C(c1cc(O)cc2cccc(I)c12)N1Cc2nc(OCC3(CN4CCOCC4)CC3)nc(N3CC4CCC(C3)N4)c2C1. The summed E-state index contributed by atoms with van der Waals surface area (Å²) in [5.41, 5.74) is 2.54. The van der Waals surface area contributed by atoms with E-state index in [1.54, 1.807) is 12.1 Å². The zero-order valence-electron chi connectivity index (χ0n) is 24.2. The van der Waals surface area contributed by atoms with Crippen molar-refractivity contribution in [1.29, 1.82) is 0 Å². The topological polar surface area (TPSA) is 103 Å². The van der Waals surface area contributed by atoms with E-state index in [-0.39, 0.29) is 17.1 Å². The van der Waals surface area contributed by atoms with Gasteiger partial charge in [0.25, 0.3) is 5.91 Å². The Balaban J connectivity index is 1.08. The third-order valence-electron chi connectivity index (χ3n) is 9.81. The normalized spacial score (nSPS) is 24.4. The van der Waals surface area contributed by atoms with Crippen molar-refractivity contribution >= 4 is 45.1 Å². The molecule has 5 aliphatic rings. The van der Waals surface area contributed by atoms with E-state index in [1.165, 1.54) is 12.8 Å². The molecule has 2 unspecified atom stereocenters. The van der Waals surface area contributed by atoms with E-state index in [0.717, 1.165) is 90.2 Å². The number of nitrogens with one attached hydrogen (secondary N) is 1. The first-order valence-electron chi connectivity index (χ1n) is 15.5. The van der Waals surface area contributed by atoms with Gasteiger partial charge in [0, 0.05) is 64.7 Å². The summed E-state index contributed by atoms with van der Waals surface area (Å²) in [4.78, 5) is 30.7. The van der Waals surface area contributed by atoms with Crippen molar-refractivity contribution < 1.29 is 19.4 Å². The Hall–Kier alpha value is -2.74. The van der Waals surface area contributed by atoms with Crippen molar-refractivity contribution in [2.75, 3.05) is 57.4 Å². The van der Waals surface area contributed by atoms with Gasteiger partial charge in [-0.15, -0.1) is 0 Å². The van der Waals surface area contributed by atoms with Gasteiger partial charge in [0.15, 0.2) is 0 Å². The highest BCUT2D eigenvalue weighted by molar-refractivity contribution is 14.1. The van der Waals surface area contributed by atoms with Crippen LogP contribution in [-0.4, -0.2) is 95.4 Å². The summed E-state index contributed by atoms with van der Waals surface area (Å²) >= 11 is 2.27. The van der Waals surface area contributed by atoms with E-state index in [2.05, 4.69) is 37.7 Å². The van der Waals surface area contributed by atoms with Gasteiger partial charge in [-0.25, -0.2) is 0 Å². The van der Waals surface area contributed by atoms with Crippen molar-refractivity contribution in [3.05, 3.63) is 50.7 Å². The maximum atomic E-state index is 14.1. The quantitative estimate of drug-likeness (QED) is 0.360. The molecule has 1 amide bonds. The summed E-state index contributed by atoms with van der Waals surface area (Å²) in [7, 11) is 0. The lowest BCUT2D eigenvalue weighted by Gasteiger charge is -2.34. The molecule has 5 heterocycles. The fraction of sp³-hybridized carbons (Fsp3) is 0.531. The summed E-state index contributed by atoms with van der Waals surface area (Å²) in [6.45, 7) is 7.78. The molecular weight excluding hydrogens is 659 g/mol. The third kappa shape index (κ3) is 5.42. The van der Waals surface area contributed by atoms with Crippen LogP contribution in [0.15, 0.2) is 30.3 Å². The van der Waals surface area contributed by atoms with E-state index < -0.39 is 0 Å². The van der Waals surface area contributed by atoms with Crippen LogP contribution in [0.4, 0.5) is 5.82 Å². The average Bonchev–Trinajstić information content (AvgIpc) is 3.49. The number of rotatable bonds is 7. The molecule has 10 nitrogen and oxygen atoms in total. The lowest BCUT2D eigenvalue weighted by Crippen LogP contribution is -2.51. The largest absolute Gasteiger partial charge is 0.508 e. The molecule has 0 spiro atoms. The molecule has 2 N–H and O–H groups in total. The van der Waals surface area contributed by atoms with Gasteiger partial charge in [-0.3, -0.25) is 9.69 Å². The van der Waals surface area contributed by atoms with Gasteiger partial charge in [-0.1, -0.05) is 12.1 Å². The van der Waals surface area contributed by atoms with Crippen LogP contribution in [-0.2, 0) is 17.8 Å². The number of piperazine rings is 1. The molecule has 3 saturated heterocycles. The first kappa shape index (κ1) is 27.8. The molecule has 4 fully saturated rings. The van der Waals surface area contributed by atoms with Crippen LogP contribution in [0.2, 0.25) is 0 Å². The van der Waals surface area contributed by atoms with E-state index in [1.807, 2.05) is 23.1 Å². The molecule has 1 aliphatic carbocycles. The monoisotopic (exact) mass is 696 g/mol. The van der Waals surface area contributed by atoms with E-state index >= 15 is 0 Å². The second-order valence-electron chi connectivity index (χ2n) is 13.0. The molecule has 1 saturated carbocycles. The summed E-state index contributed by atoms with van der Waals surface area (Å²) < 4.78 is 12.9. The molecule has 4 aliphatic heterocycles. The first-order chi connectivity index (χ1) is 20.9. The molecule has 226 valence electrons. The summed E-state index contributed by atoms with van der Waals surface area (Å²) in [5, 5.41) is 15.9. The fourth-order valence-electron chi connectivity index (χ4n) is 7.34. The van der Waals surface area contributed by atoms with Crippen LogP contribution in [0.25, 0.3) is 10.8 Å². The van der Waals surface area contributed by atoms with Gasteiger partial charge in [0.1, 0.15) is 11.6 Å². The number of nitrogens with zero attached hydrogens (tertiary/aromatic N) is 5. The molecule has 2 aromatic carbocycles. The standard InChI is InChI=1S/C32H37IN6O4/c33-26-3-1-2-20-12-23(40)13-24(28(20)26)30(41)39-16-25-27(17-39)35-31(36-29(25)38-14-21-4-5-22(15-38)34-21)43-19-32(6-7-32)18-37-8-10-42-11-9-37/h1-3,12-13,21-22,34,40H,4-11,14-19H2. The van der Waals surface area contributed by atoms with Crippen LogP contribution in [0.3, 0.4) is 0 Å². The van der Waals surface area contributed by atoms with E-state index in [4.69, 9.17) is 19.4 Å². The minimum atomic E-state index is -0.112. The third-order valence-corrected chi connectivity index (χ3v) is 10.7. The predicted octanol–water partition coefficient (Wildman–Crippen LogP) is 3.53. The Bertz CT molecular complexity index is 1560. The molecule has 2 bridgehead atoms. The predicted molar refractivity (Wildman–Crippen MR) is 171 cm³/mol. The number of benzene rings is 2. The van der Waals surface area contributed by atoms with Crippen molar-refractivity contribution in [1.82, 2.24) is 25.1 Å². The molecule has 1 aromatic heterocycles. The lowest BCUT2D eigenvalue weighted by atomic mass is 10.0. The number of fused-ring (bicyclic) bond motifs is 4. The number of anilines is 1. The van der Waals surface area contributed by atoms with Crippen LogP contribution >= 0.6 is 22.6 Å². The highest BCUT2D eigenvalue weighted by Crippen LogP contribution is 2.47. The lowest BCUT2D eigenvalue weighted by molar-refractivity contribution is 0.0231. The zero-order valence-corrected chi connectivity index (χ0v) is 26.4. The number of carbonyl (C=O) groups is 1. The second-order valence-corrected chi connectivity index (χ2v) is 14.1. The van der Waals surface area contributed by atoms with Gasteiger partial charge in [0.05, 0.1) is 44.2 Å². The first-order valence-corrected chi connectivity index (χ1v) is 16.6. The molecule has 43 heavy (non-hydrogen) atoms. The summed E-state index contributed by atoms with van der Waals surface area (Å²) in [6, 6.07) is 10.5. The number of morpholine rings is 1. The Morgan fingerprint density at radius 1 is 1.12 bits per heavy atom. The average molecular weight is 697 g/mol. The Morgan fingerprint density at radius 2 is 1.91 bits per heavy atom. The highest BCUT2D eigenvalue weighted by atomic mass is 127. The number of halogens is 1. The fourth-order valence-corrected chi connectivity index (χ4v) is 8.15. The van der Waals surface area contributed by atoms with Crippen molar-refractivity contribution in [2.45, 2.75) is 50.9 Å². The number of hydrogen-bond donors (Lipinski definition) is 2. The van der Waals surface area contributed by atoms with Crippen LogP contribution in [0, 0.1) is 8.99 Å². The highest BCUT2D eigenvalue weighted by Gasteiger charge is 2.45. The van der Waals surface area contributed by atoms with Gasteiger partial charge >= 0.3 is 6.01 Å². The van der Waals surface area contributed by atoms with Crippen LogP contribution in [0.5, 0.6) is 11.8 Å². The van der Waals surface area contributed by atoms with Gasteiger partial charge in [-0.2, -0.15) is 9.97 Å². The van der Waals surface area contributed by atoms with Crippen molar-refractivity contribution in [2.24, 2.45) is 5.41 Å². The number of phenolic OH excluding ortho intramolecular Hbond substituents is 1. The number of aromatic hydroxyl groups is 1. The van der Waals surface area contributed by atoms with Crippen LogP contribution in [0.1, 0.15) is 47.3 Å². The number of hydrogen-bond acceptors (Lipinski definition) is 9. The molecular formula is C32H37IN6O4. The van der Waals surface area contributed by atoms with Gasteiger partial charge in [-0.05, 0) is 71.9 Å². The Kier molecular flexibility index (Phi) is 7.11. The number of ether oxygens (including phenoxy) is 2. The number of aromatic nitrogens is 2. The van der Waals surface area contributed by atoms with Gasteiger partial charge in [0.2, 0.25) is 0 Å². The maximum Gasteiger partial charge on any atom is 0.318 e. The smallest absolute Gasteiger partial charge is 0.318 e. The number of carbonyl (C=O) groups excluding carboxylic acids is 1. The Labute approximate surface area is 264 Å². The Morgan fingerprint density at radius 3 is 2.67 bits per heavy atom. The maximum absolute atomic E-state index is 14.1. The zero-order chi connectivity index (χ0) is 29.1. The minimum absolute atomic E-state index is 0.0908.